The van der Waals surface area contributed by atoms with Crippen molar-refractivity contribution in [1.82, 2.24) is 0 Å². The molecule has 0 atom stereocenters. The molecule has 9 aromatic carbocycles. The summed E-state index contributed by atoms with van der Waals surface area (Å²) in [4.78, 5) is 2.65. The van der Waals surface area contributed by atoms with Gasteiger partial charge >= 0.3 is 0 Å². The Morgan fingerprint density at radius 1 is 0.339 bits per heavy atom. The zero-order valence-corrected chi connectivity index (χ0v) is 36.3. The zero-order valence-electron chi connectivity index (χ0n) is 35.3. The van der Waals surface area contributed by atoms with E-state index in [4.69, 9.17) is 0 Å². The van der Waals surface area contributed by atoms with Gasteiger partial charge in [-0.1, -0.05) is 183 Å². The summed E-state index contributed by atoms with van der Waals surface area (Å²) >= 11 is 0. The van der Waals surface area contributed by atoms with E-state index in [9.17, 15) is 0 Å². The van der Waals surface area contributed by atoms with E-state index < -0.39 is 13.5 Å². The van der Waals surface area contributed by atoms with Crippen LogP contribution in [0.2, 0.25) is 0 Å². The third-order valence-electron chi connectivity index (χ3n) is 15.6. The Labute approximate surface area is 364 Å². The molecule has 14 rings (SSSR count). The molecule has 5 aliphatic rings. The molecule has 0 saturated heterocycles. The van der Waals surface area contributed by atoms with Gasteiger partial charge in [-0.15, -0.1) is 0 Å². The van der Waals surface area contributed by atoms with Gasteiger partial charge in [-0.2, -0.15) is 0 Å². The Morgan fingerprint density at radius 3 is 1.47 bits per heavy atom. The van der Waals surface area contributed by atoms with Crippen LogP contribution in [0, 0.1) is 13.8 Å². The average molecular weight is 806 g/mol. The summed E-state index contributed by atoms with van der Waals surface area (Å²) in [6.45, 7) is 9.37. The molecule has 292 valence electrons. The van der Waals surface area contributed by atoms with Crippen LogP contribution in [0.15, 0.2) is 188 Å². The Kier molecular flexibility index (Phi) is 6.53. The Bertz CT molecular complexity index is 3400. The maximum atomic E-state index is 2.65. The molecule has 0 unspecified atom stereocenters. The summed E-state index contributed by atoms with van der Waals surface area (Å²) < 4.78 is 0. The van der Waals surface area contributed by atoms with Crippen molar-refractivity contribution in [1.29, 1.82) is 0 Å². The molecule has 2 spiro atoms. The van der Waals surface area contributed by atoms with Crippen LogP contribution in [-0.4, -0.2) is 8.07 Å². The Morgan fingerprint density at radius 2 is 0.823 bits per heavy atom. The first kappa shape index (κ1) is 34.7. The highest BCUT2D eigenvalue weighted by Gasteiger charge is 2.56. The van der Waals surface area contributed by atoms with Crippen molar-refractivity contribution in [3.05, 3.63) is 233 Å². The summed E-state index contributed by atoms with van der Waals surface area (Å²) in [6.07, 6.45) is 0. The fourth-order valence-corrected chi connectivity index (χ4v) is 18.9. The van der Waals surface area contributed by atoms with Gasteiger partial charge in [-0.25, -0.2) is 0 Å². The number of anilines is 3. The Balaban J connectivity index is 1.11. The fourth-order valence-electron chi connectivity index (χ4n) is 13.1. The predicted octanol–water partition coefficient (Wildman–Crippen LogP) is 12.1. The van der Waals surface area contributed by atoms with Crippen molar-refractivity contribution in [3.8, 4) is 44.5 Å². The minimum Gasteiger partial charge on any atom is -0.310 e. The SMILES string of the molecule is Cc1ccc2c(c1)[Si]1(c3ccccc3-c3ccc(N4c5ccccc5C5(c6ccccc6-c6ccccc65)c5cc6c(cc54)C(C)(C)c4ccccc4-6)cc31)c1cc(C)ccc1-2. The molecular formula is C60H43NSi. The third kappa shape index (κ3) is 3.93. The molecule has 1 nitrogen and oxygen atoms in total. The molecule has 0 bridgehead atoms. The van der Waals surface area contributed by atoms with Crippen molar-refractivity contribution in [3.63, 3.8) is 0 Å². The maximum Gasteiger partial charge on any atom is 0.182 e. The molecule has 2 aliphatic carbocycles. The number of nitrogens with zero attached hydrogens (tertiary/aromatic N) is 1. The number of rotatable bonds is 1. The lowest BCUT2D eigenvalue weighted by atomic mass is 9.64. The largest absolute Gasteiger partial charge is 0.310 e. The van der Waals surface area contributed by atoms with Crippen molar-refractivity contribution >= 4 is 45.9 Å². The Hall–Kier alpha value is -7.00. The highest BCUT2D eigenvalue weighted by Crippen LogP contribution is 2.65. The number of para-hydroxylation sites is 1. The summed E-state index contributed by atoms with van der Waals surface area (Å²) in [6, 6.07) is 73.4. The average Bonchev–Trinajstić information content (AvgIpc) is 3.94. The molecule has 0 fully saturated rings. The molecule has 2 heteroatoms. The lowest BCUT2D eigenvalue weighted by Crippen LogP contribution is -2.70. The highest BCUT2D eigenvalue weighted by molar-refractivity contribution is 7.24. The van der Waals surface area contributed by atoms with E-state index in [1.54, 1.807) is 0 Å². The van der Waals surface area contributed by atoms with Gasteiger partial charge in [0.1, 0.15) is 0 Å². The molecule has 0 radical (unpaired) electrons. The number of aryl methyl sites for hydroxylation is 2. The first-order chi connectivity index (χ1) is 30.3. The molecule has 62 heavy (non-hydrogen) atoms. The molecular weight excluding hydrogens is 763 g/mol. The van der Waals surface area contributed by atoms with Crippen LogP contribution < -0.4 is 25.6 Å². The quantitative estimate of drug-likeness (QED) is 0.149. The van der Waals surface area contributed by atoms with Crippen LogP contribution >= 0.6 is 0 Å². The van der Waals surface area contributed by atoms with E-state index in [0.29, 0.717) is 0 Å². The number of hydrogen-bond donors (Lipinski definition) is 0. The molecule has 0 saturated carbocycles. The lowest BCUT2D eigenvalue weighted by molar-refractivity contribution is 0.658. The van der Waals surface area contributed by atoms with Crippen LogP contribution in [-0.2, 0) is 10.8 Å². The zero-order chi connectivity index (χ0) is 41.3. The van der Waals surface area contributed by atoms with Crippen molar-refractivity contribution in [2.24, 2.45) is 0 Å². The van der Waals surface area contributed by atoms with Crippen LogP contribution in [0.4, 0.5) is 17.1 Å². The predicted molar refractivity (Wildman–Crippen MR) is 261 cm³/mol. The van der Waals surface area contributed by atoms with Crippen LogP contribution in [0.1, 0.15) is 58.4 Å². The second-order valence-corrected chi connectivity index (χ2v) is 22.6. The van der Waals surface area contributed by atoms with Gasteiger partial charge in [0, 0.05) is 11.1 Å². The normalized spacial score (nSPS) is 16.1. The summed E-state index contributed by atoms with van der Waals surface area (Å²) in [7, 11) is -2.73. The van der Waals surface area contributed by atoms with Gasteiger partial charge in [-0.05, 0) is 143 Å². The highest BCUT2D eigenvalue weighted by atomic mass is 28.3. The van der Waals surface area contributed by atoms with Gasteiger partial charge < -0.3 is 4.90 Å². The minimum absolute atomic E-state index is 0.161. The van der Waals surface area contributed by atoms with Gasteiger partial charge in [0.05, 0.1) is 16.8 Å². The second-order valence-electron chi connectivity index (χ2n) is 18.9. The fraction of sp³-hybridized carbons (Fsp3) is 0.100. The van der Waals surface area contributed by atoms with E-state index in [2.05, 4.69) is 221 Å². The van der Waals surface area contributed by atoms with Gasteiger partial charge in [0.25, 0.3) is 0 Å². The van der Waals surface area contributed by atoms with E-state index in [0.717, 1.165) is 0 Å². The molecule has 3 aliphatic heterocycles. The van der Waals surface area contributed by atoms with Gasteiger partial charge in [0.2, 0.25) is 0 Å². The third-order valence-corrected chi connectivity index (χ3v) is 20.5. The van der Waals surface area contributed by atoms with E-state index in [1.165, 1.54) is 127 Å². The van der Waals surface area contributed by atoms with Gasteiger partial charge in [-0.3, -0.25) is 0 Å². The van der Waals surface area contributed by atoms with Crippen molar-refractivity contribution in [2.75, 3.05) is 4.90 Å². The first-order valence-electron chi connectivity index (χ1n) is 22.2. The van der Waals surface area contributed by atoms with E-state index in [-0.39, 0.29) is 5.41 Å². The summed E-state index contributed by atoms with van der Waals surface area (Å²) in [5.74, 6) is 0. The minimum atomic E-state index is -2.73. The van der Waals surface area contributed by atoms with Gasteiger partial charge in [0.15, 0.2) is 8.07 Å². The van der Waals surface area contributed by atoms with E-state index in [1.807, 2.05) is 0 Å². The second kappa shape index (κ2) is 11.7. The number of fused-ring (bicyclic) bond motifs is 22. The number of benzene rings is 9. The molecule has 9 aromatic rings. The molecule has 0 amide bonds. The topological polar surface area (TPSA) is 3.24 Å². The standard InChI is InChI=1S/C60H43NSi/c1-36-25-28-43-44-29-26-37(2)32-57(44)62(56(43)31-36)55-24-14-8-18-42(55)45-30-27-38(33-58(45)62)61-53-23-13-12-22-50(53)60(48-20-10-6-15-39(48)40-16-7-11-21-49(40)60)52-34-46-41-17-5-9-19-47(41)59(3,4)51(46)35-54(52)61/h5-35H,1-4H3. The molecule has 3 heterocycles. The molecule has 0 N–H and O–H groups in total. The van der Waals surface area contributed by atoms with Crippen molar-refractivity contribution < 1.29 is 0 Å². The first-order valence-corrected chi connectivity index (χ1v) is 24.2. The summed E-state index contributed by atoms with van der Waals surface area (Å²) in [5, 5.41) is 6.06. The van der Waals surface area contributed by atoms with Crippen LogP contribution in [0.25, 0.3) is 44.5 Å². The number of hydrogen-bond acceptors (Lipinski definition) is 1. The van der Waals surface area contributed by atoms with Crippen molar-refractivity contribution in [2.45, 2.75) is 38.5 Å². The maximum absolute atomic E-state index is 2.73. The van der Waals surface area contributed by atoms with Crippen LogP contribution in [0.5, 0.6) is 0 Å². The summed E-state index contributed by atoms with van der Waals surface area (Å²) in [5.41, 5.74) is 24.8. The monoisotopic (exact) mass is 805 g/mol. The lowest BCUT2D eigenvalue weighted by Gasteiger charge is -2.46. The molecule has 0 aromatic heterocycles. The van der Waals surface area contributed by atoms with E-state index >= 15 is 0 Å². The smallest absolute Gasteiger partial charge is 0.182 e. The van der Waals surface area contributed by atoms with Crippen LogP contribution in [0.3, 0.4) is 0 Å².